The molecule has 0 aromatic heterocycles. The lowest BCUT2D eigenvalue weighted by molar-refractivity contribution is -0.269. The molecule has 154 valence electrons. The summed E-state index contributed by atoms with van der Waals surface area (Å²) in [6, 6.07) is 0. The molecule has 1 aliphatic heterocycles. The fourth-order valence-corrected chi connectivity index (χ4v) is 7.04. The molecule has 0 radical (unpaired) electrons. The number of ether oxygens (including phenoxy) is 2. The van der Waals surface area contributed by atoms with Crippen molar-refractivity contribution in [3.8, 4) is 0 Å². The molecule has 1 heterocycles. The summed E-state index contributed by atoms with van der Waals surface area (Å²) >= 11 is 0. The lowest BCUT2D eigenvalue weighted by Crippen LogP contribution is -2.76. The van der Waals surface area contributed by atoms with Crippen molar-refractivity contribution in [3.05, 3.63) is 11.8 Å². The highest BCUT2D eigenvalue weighted by Gasteiger charge is 2.75. The summed E-state index contributed by atoms with van der Waals surface area (Å²) in [7, 11) is 1.44. The number of hydrogen-bond donors (Lipinski definition) is 2. The number of hydrogen-bond acceptors (Lipinski definition) is 7. The van der Waals surface area contributed by atoms with E-state index in [1.54, 1.807) is 13.0 Å². The van der Waals surface area contributed by atoms with Crippen LogP contribution in [0.15, 0.2) is 11.8 Å². The summed E-state index contributed by atoms with van der Waals surface area (Å²) in [6.45, 7) is 6.96. The molecule has 0 bridgehead atoms. The van der Waals surface area contributed by atoms with Gasteiger partial charge in [0.25, 0.3) is 0 Å². The van der Waals surface area contributed by atoms with Crippen molar-refractivity contribution in [2.24, 2.45) is 34.5 Å². The second-order valence-corrected chi connectivity index (χ2v) is 9.58. The van der Waals surface area contributed by atoms with Gasteiger partial charge in [-0.15, -0.1) is 0 Å². The van der Waals surface area contributed by atoms with Crippen molar-refractivity contribution in [2.45, 2.75) is 58.3 Å². The molecule has 0 spiro atoms. The van der Waals surface area contributed by atoms with Gasteiger partial charge in [-0.25, -0.2) is 0 Å². The standard InChI is InChI=1S/C21H28O7/c1-9-6-11(27-5)17(24)19(2)10(9)7-13-20(3)12(8-14(22)28-13)21(4,26)18(25)15(23)16(19)20/h6,9-10,12-13,15-16,23,26H,7-8H2,1-5H3/t9-,10+,12-,13-,15+,16-,19+,20-,21+/m1/s1. The zero-order chi connectivity index (χ0) is 20.8. The maximum absolute atomic E-state index is 13.5. The molecule has 0 aromatic rings. The minimum absolute atomic E-state index is 0.0639. The topological polar surface area (TPSA) is 110 Å². The summed E-state index contributed by atoms with van der Waals surface area (Å²) in [6.07, 6.45) is -0.0260. The average Bonchev–Trinajstić information content (AvgIpc) is 2.62. The summed E-state index contributed by atoms with van der Waals surface area (Å²) in [4.78, 5) is 38.8. The van der Waals surface area contributed by atoms with Crippen molar-refractivity contribution in [3.63, 3.8) is 0 Å². The minimum atomic E-state index is -1.87. The Morgan fingerprint density at radius 1 is 1.21 bits per heavy atom. The van der Waals surface area contributed by atoms with Gasteiger partial charge < -0.3 is 19.7 Å². The summed E-state index contributed by atoms with van der Waals surface area (Å²) in [5.41, 5.74) is -3.85. The molecule has 0 unspecified atom stereocenters. The van der Waals surface area contributed by atoms with E-state index in [0.29, 0.717) is 6.42 Å². The number of Topliss-reactive ketones (excluding diaryl/α,β-unsaturated/α-hetero) is 2. The van der Waals surface area contributed by atoms with Crippen LogP contribution in [-0.4, -0.2) is 52.7 Å². The summed E-state index contributed by atoms with van der Waals surface area (Å²) < 4.78 is 11.0. The van der Waals surface area contributed by atoms with Crippen LogP contribution in [0.5, 0.6) is 0 Å². The quantitative estimate of drug-likeness (QED) is 0.641. The van der Waals surface area contributed by atoms with Crippen molar-refractivity contribution >= 4 is 17.5 Å². The van der Waals surface area contributed by atoms with E-state index in [4.69, 9.17) is 9.47 Å². The molecule has 7 heteroatoms. The number of ketones is 2. The Labute approximate surface area is 164 Å². The number of methoxy groups -OCH3 is 1. The summed E-state index contributed by atoms with van der Waals surface area (Å²) in [5, 5.41) is 22.1. The zero-order valence-corrected chi connectivity index (χ0v) is 16.9. The third kappa shape index (κ3) is 2.04. The van der Waals surface area contributed by atoms with Gasteiger partial charge in [0.1, 0.15) is 17.8 Å². The van der Waals surface area contributed by atoms with Gasteiger partial charge in [-0.05, 0) is 31.3 Å². The third-order valence-corrected chi connectivity index (χ3v) is 8.39. The molecule has 28 heavy (non-hydrogen) atoms. The van der Waals surface area contributed by atoms with Crippen LogP contribution in [0.1, 0.15) is 40.5 Å². The average molecular weight is 392 g/mol. The predicted octanol–water partition coefficient (Wildman–Crippen LogP) is 1.01. The van der Waals surface area contributed by atoms with Crippen LogP contribution in [0, 0.1) is 34.5 Å². The number of aliphatic hydroxyl groups is 2. The van der Waals surface area contributed by atoms with E-state index >= 15 is 0 Å². The highest BCUT2D eigenvalue weighted by atomic mass is 16.5. The molecule has 1 saturated heterocycles. The van der Waals surface area contributed by atoms with E-state index in [9.17, 15) is 24.6 Å². The van der Waals surface area contributed by atoms with Crippen LogP contribution in [0.3, 0.4) is 0 Å². The minimum Gasteiger partial charge on any atom is -0.493 e. The van der Waals surface area contributed by atoms with Crippen molar-refractivity contribution in [2.75, 3.05) is 7.11 Å². The van der Waals surface area contributed by atoms with Crippen LogP contribution in [0.4, 0.5) is 0 Å². The number of carbonyl (C=O) groups is 3. The third-order valence-electron chi connectivity index (χ3n) is 8.39. The fraction of sp³-hybridized carbons (Fsp3) is 0.762. The lowest BCUT2D eigenvalue weighted by Gasteiger charge is -2.67. The van der Waals surface area contributed by atoms with Crippen LogP contribution in [0.2, 0.25) is 0 Å². The maximum atomic E-state index is 13.5. The zero-order valence-electron chi connectivity index (χ0n) is 16.9. The molecule has 9 atom stereocenters. The SMILES string of the molecule is COC1=C[C@@H](C)[C@@H]2C[C@H]3OC(=O)C[C@@H]4[C@@]3(C)[C@H]([C@H](O)C(=O)[C@@]4(C)O)[C@@]2(C)C1=O. The van der Waals surface area contributed by atoms with Gasteiger partial charge in [0, 0.05) is 22.7 Å². The highest BCUT2D eigenvalue weighted by molar-refractivity contribution is 6.01. The maximum Gasteiger partial charge on any atom is 0.306 e. The molecule has 0 amide bonds. The van der Waals surface area contributed by atoms with E-state index in [1.165, 1.54) is 14.0 Å². The number of allylic oxidation sites excluding steroid dienone is 2. The van der Waals surface area contributed by atoms with E-state index in [0.717, 1.165) is 0 Å². The number of rotatable bonds is 1. The predicted molar refractivity (Wildman–Crippen MR) is 96.7 cm³/mol. The molecule has 4 aliphatic rings. The number of fused-ring (bicyclic) bond motifs is 2. The first kappa shape index (κ1) is 19.6. The van der Waals surface area contributed by atoms with E-state index in [-0.39, 0.29) is 29.8 Å². The fourth-order valence-electron chi connectivity index (χ4n) is 7.04. The first-order chi connectivity index (χ1) is 12.9. The Hall–Kier alpha value is -1.73. The molecule has 2 saturated carbocycles. The first-order valence-corrected chi connectivity index (χ1v) is 9.86. The normalized spacial score (nSPS) is 53.0. The van der Waals surface area contributed by atoms with Gasteiger partial charge in [0.05, 0.1) is 13.5 Å². The van der Waals surface area contributed by atoms with Gasteiger partial charge in [-0.3, -0.25) is 14.4 Å². The molecular weight excluding hydrogens is 364 g/mol. The number of carbonyl (C=O) groups excluding carboxylic acids is 3. The van der Waals surface area contributed by atoms with Gasteiger partial charge in [-0.2, -0.15) is 0 Å². The van der Waals surface area contributed by atoms with Crippen LogP contribution in [0.25, 0.3) is 0 Å². The van der Waals surface area contributed by atoms with Gasteiger partial charge in [-0.1, -0.05) is 20.8 Å². The monoisotopic (exact) mass is 392 g/mol. The van der Waals surface area contributed by atoms with E-state index in [2.05, 4.69) is 0 Å². The Bertz CT molecular complexity index is 799. The lowest BCUT2D eigenvalue weighted by atomic mass is 9.38. The van der Waals surface area contributed by atoms with Crippen LogP contribution >= 0.6 is 0 Å². The second-order valence-electron chi connectivity index (χ2n) is 9.58. The Morgan fingerprint density at radius 3 is 2.46 bits per heavy atom. The summed E-state index contributed by atoms with van der Waals surface area (Å²) in [5.74, 6) is -3.01. The van der Waals surface area contributed by atoms with Gasteiger partial charge in [0.15, 0.2) is 11.5 Å². The van der Waals surface area contributed by atoms with Gasteiger partial charge >= 0.3 is 5.97 Å². The molecular formula is C21H28O7. The van der Waals surface area contributed by atoms with Crippen LogP contribution in [-0.2, 0) is 23.9 Å². The molecule has 4 rings (SSSR count). The van der Waals surface area contributed by atoms with Crippen molar-refractivity contribution < 1.29 is 34.1 Å². The Balaban J connectivity index is 1.96. The van der Waals surface area contributed by atoms with Crippen LogP contribution < -0.4 is 0 Å². The van der Waals surface area contributed by atoms with Crippen molar-refractivity contribution in [1.82, 2.24) is 0 Å². The Morgan fingerprint density at radius 2 is 1.86 bits per heavy atom. The second kappa shape index (κ2) is 5.66. The van der Waals surface area contributed by atoms with E-state index < -0.39 is 52.2 Å². The Kier molecular flexibility index (Phi) is 3.96. The highest BCUT2D eigenvalue weighted by Crippen LogP contribution is 2.68. The largest absolute Gasteiger partial charge is 0.493 e. The first-order valence-electron chi connectivity index (χ1n) is 9.86. The molecule has 0 aromatic carbocycles. The molecule has 3 aliphatic carbocycles. The van der Waals surface area contributed by atoms with Crippen molar-refractivity contribution in [1.29, 1.82) is 0 Å². The van der Waals surface area contributed by atoms with Gasteiger partial charge in [0.2, 0.25) is 5.78 Å². The number of aliphatic hydroxyl groups excluding tert-OH is 1. The van der Waals surface area contributed by atoms with E-state index in [1.807, 2.05) is 13.8 Å². The molecule has 3 fully saturated rings. The number of esters is 1. The molecule has 2 N–H and O–H groups in total. The smallest absolute Gasteiger partial charge is 0.306 e. The molecule has 7 nitrogen and oxygen atoms in total.